The molecule has 0 spiro atoms. The number of benzene rings is 2. The van der Waals surface area contributed by atoms with Crippen LogP contribution in [0.1, 0.15) is 17.2 Å². The number of carbonyl (C=O) groups is 1. The van der Waals surface area contributed by atoms with Crippen LogP contribution in [0, 0.1) is 0 Å². The first-order valence-corrected chi connectivity index (χ1v) is 9.39. The second-order valence-electron chi connectivity index (χ2n) is 6.15. The molecule has 7 nitrogen and oxygen atoms in total. The zero-order chi connectivity index (χ0) is 20.8. The van der Waals surface area contributed by atoms with E-state index in [2.05, 4.69) is 10.4 Å². The molecule has 0 aliphatic carbocycles. The Morgan fingerprint density at radius 3 is 2.41 bits per heavy atom. The van der Waals surface area contributed by atoms with Gasteiger partial charge in [0.25, 0.3) is 5.91 Å². The molecular formula is C21H22ClN3O4. The standard InChI is InChI=1S/C21H22ClN3O4/c1-27-17-9-8-16(12-18(17)28-2)25-19(10-11-23-25)24-21(26)20(29-3)15-6-4-14(13-22)5-7-15/h4-12,20H,13H2,1-3H3,(H,24,26). The Morgan fingerprint density at radius 2 is 1.79 bits per heavy atom. The van der Waals surface area contributed by atoms with Crippen molar-refractivity contribution in [2.45, 2.75) is 12.0 Å². The van der Waals surface area contributed by atoms with Crippen molar-refractivity contribution in [2.75, 3.05) is 26.6 Å². The molecule has 0 saturated carbocycles. The van der Waals surface area contributed by atoms with Gasteiger partial charge in [0.1, 0.15) is 5.82 Å². The van der Waals surface area contributed by atoms with E-state index in [-0.39, 0.29) is 5.91 Å². The number of amides is 1. The molecular weight excluding hydrogens is 394 g/mol. The first kappa shape index (κ1) is 20.7. The van der Waals surface area contributed by atoms with Gasteiger partial charge in [-0.25, -0.2) is 4.68 Å². The van der Waals surface area contributed by atoms with E-state index in [0.29, 0.717) is 28.9 Å². The van der Waals surface area contributed by atoms with Gasteiger partial charge in [-0.2, -0.15) is 5.10 Å². The van der Waals surface area contributed by atoms with Gasteiger partial charge >= 0.3 is 0 Å². The maximum atomic E-state index is 12.9. The van der Waals surface area contributed by atoms with Gasteiger partial charge in [0.15, 0.2) is 17.6 Å². The van der Waals surface area contributed by atoms with Crippen LogP contribution in [0.5, 0.6) is 11.5 Å². The minimum Gasteiger partial charge on any atom is -0.493 e. The molecule has 1 atom stereocenters. The summed E-state index contributed by atoms with van der Waals surface area (Å²) in [5, 5.41) is 7.17. The first-order valence-electron chi connectivity index (χ1n) is 8.86. The van der Waals surface area contributed by atoms with Crippen LogP contribution in [0.25, 0.3) is 5.69 Å². The number of carbonyl (C=O) groups excluding carboxylic acids is 1. The Balaban J connectivity index is 1.84. The number of hydrogen-bond donors (Lipinski definition) is 1. The van der Waals surface area contributed by atoms with Crippen molar-refractivity contribution in [2.24, 2.45) is 0 Å². The third-order valence-corrected chi connectivity index (χ3v) is 4.72. The smallest absolute Gasteiger partial charge is 0.259 e. The summed E-state index contributed by atoms with van der Waals surface area (Å²) in [6.07, 6.45) is 0.830. The fourth-order valence-electron chi connectivity index (χ4n) is 2.93. The molecule has 29 heavy (non-hydrogen) atoms. The summed E-state index contributed by atoms with van der Waals surface area (Å²) >= 11 is 5.83. The van der Waals surface area contributed by atoms with Crippen LogP contribution in [0.2, 0.25) is 0 Å². The molecule has 8 heteroatoms. The van der Waals surface area contributed by atoms with Gasteiger partial charge in [-0.3, -0.25) is 4.79 Å². The number of methoxy groups -OCH3 is 3. The Morgan fingerprint density at radius 1 is 1.07 bits per heavy atom. The highest BCUT2D eigenvalue weighted by Crippen LogP contribution is 2.30. The molecule has 0 aliphatic rings. The topological polar surface area (TPSA) is 74.6 Å². The van der Waals surface area contributed by atoms with E-state index < -0.39 is 6.10 Å². The predicted octanol–water partition coefficient (Wildman–Crippen LogP) is 3.95. The summed E-state index contributed by atoms with van der Waals surface area (Å²) in [7, 11) is 4.62. The fraction of sp³-hybridized carbons (Fsp3) is 0.238. The van der Waals surface area contributed by atoms with E-state index >= 15 is 0 Å². The summed E-state index contributed by atoms with van der Waals surface area (Å²) in [5.74, 6) is 1.77. The molecule has 1 N–H and O–H groups in total. The van der Waals surface area contributed by atoms with Crippen LogP contribution in [0.15, 0.2) is 54.7 Å². The lowest BCUT2D eigenvalue weighted by Crippen LogP contribution is -2.24. The number of hydrogen-bond acceptors (Lipinski definition) is 5. The lowest BCUT2D eigenvalue weighted by atomic mass is 10.1. The van der Waals surface area contributed by atoms with Gasteiger partial charge in [-0.1, -0.05) is 24.3 Å². The van der Waals surface area contributed by atoms with Crippen molar-refractivity contribution in [3.8, 4) is 17.2 Å². The van der Waals surface area contributed by atoms with Gasteiger partial charge in [-0.15, -0.1) is 11.6 Å². The maximum absolute atomic E-state index is 12.9. The van der Waals surface area contributed by atoms with Crippen molar-refractivity contribution in [3.63, 3.8) is 0 Å². The molecule has 1 unspecified atom stereocenters. The van der Waals surface area contributed by atoms with E-state index in [1.807, 2.05) is 30.3 Å². The third kappa shape index (κ3) is 4.52. The molecule has 3 rings (SSSR count). The van der Waals surface area contributed by atoms with Crippen LogP contribution in [-0.4, -0.2) is 37.0 Å². The second-order valence-corrected chi connectivity index (χ2v) is 6.42. The molecule has 1 aromatic heterocycles. The number of aromatic nitrogens is 2. The number of ether oxygens (including phenoxy) is 3. The number of nitrogens with one attached hydrogen (secondary N) is 1. The molecule has 3 aromatic rings. The minimum absolute atomic E-state index is 0.312. The lowest BCUT2D eigenvalue weighted by Gasteiger charge is -2.17. The largest absolute Gasteiger partial charge is 0.493 e. The van der Waals surface area contributed by atoms with Gasteiger partial charge in [0.2, 0.25) is 0 Å². The quantitative estimate of drug-likeness (QED) is 0.564. The van der Waals surface area contributed by atoms with Crippen LogP contribution < -0.4 is 14.8 Å². The molecule has 0 radical (unpaired) electrons. The highest BCUT2D eigenvalue weighted by atomic mass is 35.5. The fourth-order valence-corrected chi connectivity index (χ4v) is 3.11. The van der Waals surface area contributed by atoms with Gasteiger partial charge in [0.05, 0.1) is 26.1 Å². The lowest BCUT2D eigenvalue weighted by molar-refractivity contribution is -0.126. The average molecular weight is 416 g/mol. The van der Waals surface area contributed by atoms with E-state index in [1.54, 1.807) is 43.3 Å². The average Bonchev–Trinajstić information content (AvgIpc) is 3.22. The summed E-state index contributed by atoms with van der Waals surface area (Å²) in [6.45, 7) is 0. The van der Waals surface area contributed by atoms with Crippen LogP contribution in [0.4, 0.5) is 5.82 Å². The molecule has 0 fully saturated rings. The van der Waals surface area contributed by atoms with E-state index in [4.69, 9.17) is 25.8 Å². The minimum atomic E-state index is -0.770. The van der Waals surface area contributed by atoms with Crippen molar-refractivity contribution < 1.29 is 19.0 Å². The number of halogens is 1. The van der Waals surface area contributed by atoms with Gasteiger partial charge in [0, 0.05) is 25.1 Å². The highest BCUT2D eigenvalue weighted by Gasteiger charge is 2.22. The first-order chi connectivity index (χ1) is 14.1. The molecule has 1 heterocycles. The summed E-state index contributed by atoms with van der Waals surface area (Å²) in [6, 6.07) is 14.5. The maximum Gasteiger partial charge on any atom is 0.259 e. The normalized spacial score (nSPS) is 11.7. The van der Waals surface area contributed by atoms with E-state index in [1.165, 1.54) is 7.11 Å². The van der Waals surface area contributed by atoms with Crippen molar-refractivity contribution >= 4 is 23.3 Å². The zero-order valence-corrected chi connectivity index (χ0v) is 17.1. The molecule has 152 valence electrons. The Labute approximate surface area is 174 Å². The second kappa shape index (κ2) is 9.45. The Hall–Kier alpha value is -3.03. The molecule has 2 aromatic carbocycles. The molecule has 0 saturated heterocycles. The van der Waals surface area contributed by atoms with Crippen molar-refractivity contribution in [1.29, 1.82) is 0 Å². The molecule has 1 amide bonds. The van der Waals surface area contributed by atoms with Crippen molar-refractivity contribution in [1.82, 2.24) is 9.78 Å². The number of rotatable bonds is 8. The molecule has 0 aliphatic heterocycles. The van der Waals surface area contributed by atoms with Crippen LogP contribution in [0.3, 0.4) is 0 Å². The number of nitrogens with zero attached hydrogens (tertiary/aromatic N) is 2. The van der Waals surface area contributed by atoms with Crippen LogP contribution in [-0.2, 0) is 15.4 Å². The van der Waals surface area contributed by atoms with E-state index in [9.17, 15) is 4.79 Å². The summed E-state index contributed by atoms with van der Waals surface area (Å²) in [4.78, 5) is 12.9. The zero-order valence-electron chi connectivity index (χ0n) is 16.4. The van der Waals surface area contributed by atoms with Gasteiger partial charge in [-0.05, 0) is 23.3 Å². The summed E-state index contributed by atoms with van der Waals surface area (Å²) in [5.41, 5.74) is 2.41. The third-order valence-electron chi connectivity index (χ3n) is 4.42. The van der Waals surface area contributed by atoms with Gasteiger partial charge < -0.3 is 19.5 Å². The Kier molecular flexibility index (Phi) is 6.74. The highest BCUT2D eigenvalue weighted by molar-refractivity contribution is 6.17. The van der Waals surface area contributed by atoms with Crippen LogP contribution >= 0.6 is 11.6 Å². The predicted molar refractivity (Wildman–Crippen MR) is 111 cm³/mol. The SMILES string of the molecule is COc1ccc(-n2nccc2NC(=O)C(OC)c2ccc(CCl)cc2)cc1OC. The number of alkyl halides is 1. The monoisotopic (exact) mass is 415 g/mol. The van der Waals surface area contributed by atoms with Crippen molar-refractivity contribution in [3.05, 3.63) is 65.9 Å². The van der Waals surface area contributed by atoms with E-state index in [0.717, 1.165) is 11.1 Å². The summed E-state index contributed by atoms with van der Waals surface area (Å²) < 4.78 is 17.6. The molecule has 0 bridgehead atoms. The number of anilines is 1. The Bertz CT molecular complexity index is 972.